The van der Waals surface area contributed by atoms with E-state index >= 15 is 0 Å². The number of amidine groups is 1. The smallest absolute Gasteiger partial charge is 0.173 e. The minimum Gasteiger partial charge on any atom is -0.456 e. The molecule has 2 aromatic carbocycles. The van der Waals surface area contributed by atoms with Crippen LogP contribution in [0.5, 0.6) is 11.5 Å². The predicted molar refractivity (Wildman–Crippen MR) is 76.1 cm³/mol. The first kappa shape index (κ1) is 13.9. The number of oxime groups is 1. The minimum absolute atomic E-state index is 0.0120. The van der Waals surface area contributed by atoms with Crippen molar-refractivity contribution >= 4 is 5.84 Å². The van der Waals surface area contributed by atoms with E-state index < -0.39 is 0 Å². The van der Waals surface area contributed by atoms with Crippen LogP contribution in [0, 0.1) is 6.92 Å². The Morgan fingerprint density at radius 2 is 2.00 bits per heavy atom. The summed E-state index contributed by atoms with van der Waals surface area (Å²) >= 11 is 0. The number of aliphatic hydroxyl groups is 1. The lowest BCUT2D eigenvalue weighted by Gasteiger charge is -2.13. The number of nitrogens with two attached hydrogens (primary N) is 1. The molecule has 0 aliphatic heterocycles. The van der Waals surface area contributed by atoms with E-state index in [1.54, 1.807) is 36.4 Å². The van der Waals surface area contributed by atoms with Gasteiger partial charge in [-0.3, -0.25) is 0 Å². The standard InChI is InChI=1S/C15H16N2O3/c1-10-4-2-7-13(15(16)17-19)14(10)20-12-6-3-5-11(8-12)9-18/h2-8,18-19H,9H2,1H3,(H2,16,17). The van der Waals surface area contributed by atoms with E-state index in [9.17, 15) is 0 Å². The molecular weight excluding hydrogens is 256 g/mol. The molecule has 2 rings (SSSR count). The number of aliphatic hydroxyl groups excluding tert-OH is 1. The fraction of sp³-hybridized carbons (Fsp3) is 0.133. The van der Waals surface area contributed by atoms with Gasteiger partial charge in [0.05, 0.1) is 12.2 Å². The number of benzene rings is 2. The van der Waals surface area contributed by atoms with Crippen molar-refractivity contribution in [3.63, 3.8) is 0 Å². The largest absolute Gasteiger partial charge is 0.456 e. The summed E-state index contributed by atoms with van der Waals surface area (Å²) in [6.07, 6.45) is 0. The van der Waals surface area contributed by atoms with Gasteiger partial charge in [0.25, 0.3) is 0 Å². The Hall–Kier alpha value is -2.53. The summed E-state index contributed by atoms with van der Waals surface area (Å²) in [5.41, 5.74) is 7.79. The molecule has 0 heterocycles. The van der Waals surface area contributed by atoms with E-state index in [0.29, 0.717) is 17.1 Å². The van der Waals surface area contributed by atoms with Crippen molar-refractivity contribution in [1.82, 2.24) is 0 Å². The molecule has 0 aliphatic rings. The van der Waals surface area contributed by atoms with Crippen LogP contribution >= 0.6 is 0 Å². The summed E-state index contributed by atoms with van der Waals surface area (Å²) in [6.45, 7) is 1.82. The van der Waals surface area contributed by atoms with Gasteiger partial charge in [0, 0.05) is 0 Å². The normalized spacial score (nSPS) is 11.4. The van der Waals surface area contributed by atoms with Crippen LogP contribution in [0.15, 0.2) is 47.6 Å². The van der Waals surface area contributed by atoms with Gasteiger partial charge in [0.2, 0.25) is 0 Å². The quantitative estimate of drug-likeness (QED) is 0.345. The predicted octanol–water partition coefficient (Wildman–Crippen LogP) is 2.37. The molecule has 104 valence electrons. The van der Waals surface area contributed by atoms with Crippen LogP contribution in [0.1, 0.15) is 16.7 Å². The Balaban J connectivity index is 2.42. The molecule has 0 atom stereocenters. The molecule has 0 saturated carbocycles. The van der Waals surface area contributed by atoms with E-state index in [1.807, 2.05) is 13.0 Å². The second-order valence-electron chi connectivity index (χ2n) is 4.34. The average molecular weight is 272 g/mol. The lowest BCUT2D eigenvalue weighted by atomic mass is 10.1. The number of hydrogen-bond acceptors (Lipinski definition) is 4. The van der Waals surface area contributed by atoms with Crippen LogP contribution in [0.4, 0.5) is 0 Å². The first-order chi connectivity index (χ1) is 9.65. The number of para-hydroxylation sites is 1. The molecule has 4 N–H and O–H groups in total. The summed E-state index contributed by atoms with van der Waals surface area (Å²) in [6, 6.07) is 12.5. The number of nitrogens with zero attached hydrogens (tertiary/aromatic N) is 1. The van der Waals surface area contributed by atoms with Gasteiger partial charge in [-0.2, -0.15) is 0 Å². The number of rotatable bonds is 4. The van der Waals surface area contributed by atoms with Gasteiger partial charge in [0.1, 0.15) is 11.5 Å². The minimum atomic E-state index is -0.0575. The number of hydrogen-bond donors (Lipinski definition) is 3. The van der Waals surface area contributed by atoms with Gasteiger partial charge >= 0.3 is 0 Å². The maximum atomic E-state index is 9.14. The molecule has 0 aromatic heterocycles. The van der Waals surface area contributed by atoms with E-state index in [4.69, 9.17) is 20.8 Å². The molecule has 0 saturated heterocycles. The summed E-state index contributed by atoms with van der Waals surface area (Å²) in [5.74, 6) is 1.10. The second-order valence-corrected chi connectivity index (χ2v) is 4.34. The first-order valence-corrected chi connectivity index (χ1v) is 6.11. The first-order valence-electron chi connectivity index (χ1n) is 6.11. The third-order valence-corrected chi connectivity index (χ3v) is 2.90. The molecule has 0 unspecified atom stereocenters. The fourth-order valence-electron chi connectivity index (χ4n) is 1.87. The molecular formula is C15H16N2O3. The Morgan fingerprint density at radius 1 is 1.25 bits per heavy atom. The number of aryl methyl sites for hydroxylation is 1. The third-order valence-electron chi connectivity index (χ3n) is 2.90. The van der Waals surface area contributed by atoms with E-state index in [0.717, 1.165) is 11.1 Å². The van der Waals surface area contributed by atoms with Crippen LogP contribution in [0.2, 0.25) is 0 Å². The lowest BCUT2D eigenvalue weighted by molar-refractivity contribution is 0.281. The summed E-state index contributed by atoms with van der Waals surface area (Å²) in [7, 11) is 0. The Labute approximate surface area is 116 Å². The van der Waals surface area contributed by atoms with Gasteiger partial charge in [-0.1, -0.05) is 29.4 Å². The van der Waals surface area contributed by atoms with Crippen LogP contribution in [-0.4, -0.2) is 16.1 Å². The zero-order valence-corrected chi connectivity index (χ0v) is 11.1. The Bertz CT molecular complexity index is 639. The lowest BCUT2D eigenvalue weighted by Crippen LogP contribution is -2.14. The molecule has 5 nitrogen and oxygen atoms in total. The third kappa shape index (κ3) is 2.89. The van der Waals surface area contributed by atoms with E-state index in [1.165, 1.54) is 0 Å². The SMILES string of the molecule is Cc1cccc(/C(N)=N/O)c1Oc1cccc(CO)c1. The highest BCUT2D eigenvalue weighted by atomic mass is 16.5. The Kier molecular flexibility index (Phi) is 4.22. The van der Waals surface area contributed by atoms with Crippen LogP contribution < -0.4 is 10.5 Å². The van der Waals surface area contributed by atoms with Crippen molar-refractivity contribution in [3.05, 3.63) is 59.2 Å². The average Bonchev–Trinajstić information content (AvgIpc) is 2.48. The van der Waals surface area contributed by atoms with E-state index in [2.05, 4.69) is 5.16 Å². The van der Waals surface area contributed by atoms with Gasteiger partial charge in [-0.05, 0) is 36.2 Å². The molecule has 5 heteroatoms. The van der Waals surface area contributed by atoms with Crippen molar-refractivity contribution in [2.24, 2.45) is 10.9 Å². The molecule has 2 aromatic rings. The highest BCUT2D eigenvalue weighted by Gasteiger charge is 2.12. The van der Waals surface area contributed by atoms with Crippen molar-refractivity contribution in [3.8, 4) is 11.5 Å². The summed E-state index contributed by atoms with van der Waals surface area (Å²) in [5, 5.41) is 21.0. The highest BCUT2D eigenvalue weighted by molar-refractivity contribution is 6.00. The topological polar surface area (TPSA) is 88.1 Å². The maximum Gasteiger partial charge on any atom is 0.173 e. The van der Waals surface area contributed by atoms with Gasteiger partial charge in [0.15, 0.2) is 5.84 Å². The molecule has 0 amide bonds. The molecule has 0 radical (unpaired) electrons. The summed E-state index contributed by atoms with van der Waals surface area (Å²) < 4.78 is 5.82. The molecule has 0 spiro atoms. The maximum absolute atomic E-state index is 9.14. The zero-order valence-electron chi connectivity index (χ0n) is 11.1. The van der Waals surface area contributed by atoms with Crippen molar-refractivity contribution in [2.45, 2.75) is 13.5 Å². The highest BCUT2D eigenvalue weighted by Crippen LogP contribution is 2.29. The monoisotopic (exact) mass is 272 g/mol. The van der Waals surface area contributed by atoms with Gasteiger partial charge < -0.3 is 20.8 Å². The Morgan fingerprint density at radius 3 is 2.70 bits per heavy atom. The van der Waals surface area contributed by atoms with Crippen molar-refractivity contribution < 1.29 is 15.1 Å². The molecule has 0 bridgehead atoms. The van der Waals surface area contributed by atoms with Gasteiger partial charge in [-0.25, -0.2) is 0 Å². The van der Waals surface area contributed by atoms with Gasteiger partial charge in [-0.15, -0.1) is 0 Å². The van der Waals surface area contributed by atoms with Crippen molar-refractivity contribution in [2.75, 3.05) is 0 Å². The fourth-order valence-corrected chi connectivity index (χ4v) is 1.87. The molecule has 0 aliphatic carbocycles. The second kappa shape index (κ2) is 6.08. The van der Waals surface area contributed by atoms with Crippen LogP contribution in [0.25, 0.3) is 0 Å². The molecule has 0 fully saturated rings. The molecule has 20 heavy (non-hydrogen) atoms. The van der Waals surface area contributed by atoms with Crippen molar-refractivity contribution in [1.29, 1.82) is 0 Å². The van der Waals surface area contributed by atoms with E-state index in [-0.39, 0.29) is 12.4 Å². The summed E-state index contributed by atoms with van der Waals surface area (Å²) in [4.78, 5) is 0. The zero-order chi connectivity index (χ0) is 14.5. The van der Waals surface area contributed by atoms with Crippen LogP contribution in [-0.2, 0) is 6.61 Å². The number of ether oxygens (including phenoxy) is 1. The van der Waals surface area contributed by atoms with Crippen LogP contribution in [0.3, 0.4) is 0 Å².